The van der Waals surface area contributed by atoms with Crippen molar-refractivity contribution in [3.05, 3.63) is 17.3 Å². The van der Waals surface area contributed by atoms with Crippen LogP contribution in [0, 0.1) is 12.3 Å². The molecule has 6 heteroatoms. The normalized spacial score (nSPS) is 19.4. The lowest BCUT2D eigenvalue weighted by atomic mass is 9.90. The van der Waals surface area contributed by atoms with Crippen molar-refractivity contribution in [1.29, 1.82) is 0 Å². The third kappa shape index (κ3) is 4.90. The highest BCUT2D eigenvalue weighted by Gasteiger charge is 2.31. The van der Waals surface area contributed by atoms with Crippen molar-refractivity contribution in [2.45, 2.75) is 72.1 Å². The second-order valence-corrected chi connectivity index (χ2v) is 9.20. The summed E-state index contributed by atoms with van der Waals surface area (Å²) < 4.78 is 5.88. The minimum Gasteiger partial charge on any atom is -0.445 e. The molecule has 1 aromatic heterocycles. The minimum atomic E-state index is -0.00000838. The van der Waals surface area contributed by atoms with Gasteiger partial charge in [-0.3, -0.25) is 9.59 Å². The van der Waals surface area contributed by atoms with E-state index in [-0.39, 0.29) is 23.1 Å². The number of aromatic nitrogens is 1. The van der Waals surface area contributed by atoms with E-state index in [9.17, 15) is 9.59 Å². The van der Waals surface area contributed by atoms with Gasteiger partial charge >= 0.3 is 0 Å². The van der Waals surface area contributed by atoms with Crippen LogP contribution in [0.3, 0.4) is 0 Å². The van der Waals surface area contributed by atoms with Crippen LogP contribution >= 0.6 is 0 Å². The Morgan fingerprint density at radius 2 is 1.67 bits per heavy atom. The van der Waals surface area contributed by atoms with Gasteiger partial charge in [0, 0.05) is 38.5 Å². The van der Waals surface area contributed by atoms with Gasteiger partial charge in [-0.1, -0.05) is 20.8 Å². The average molecular weight is 376 g/mol. The van der Waals surface area contributed by atoms with Gasteiger partial charge in [-0.15, -0.1) is 0 Å². The summed E-state index contributed by atoms with van der Waals surface area (Å²) in [7, 11) is 0. The van der Waals surface area contributed by atoms with Crippen molar-refractivity contribution >= 4 is 11.8 Å². The Bertz CT molecular complexity index is 675. The Hall–Kier alpha value is -1.85. The van der Waals surface area contributed by atoms with Gasteiger partial charge in [0.05, 0.1) is 0 Å². The van der Waals surface area contributed by atoms with E-state index in [4.69, 9.17) is 4.42 Å². The zero-order chi connectivity index (χ0) is 19.6. The van der Waals surface area contributed by atoms with Gasteiger partial charge in [0.1, 0.15) is 5.76 Å². The SMILES string of the molecule is Cc1oc(C2CCN(C(=O)CC(C)(C)C)CC2)nc1C(=O)N1CCCCC1. The number of amides is 2. The topological polar surface area (TPSA) is 66.7 Å². The maximum Gasteiger partial charge on any atom is 0.276 e. The van der Waals surface area contributed by atoms with Gasteiger partial charge < -0.3 is 14.2 Å². The van der Waals surface area contributed by atoms with E-state index in [1.807, 2.05) is 16.7 Å². The zero-order valence-corrected chi connectivity index (χ0v) is 17.2. The second-order valence-electron chi connectivity index (χ2n) is 9.20. The molecule has 0 atom stereocenters. The van der Waals surface area contributed by atoms with Gasteiger partial charge in [0.15, 0.2) is 11.6 Å². The van der Waals surface area contributed by atoms with E-state index in [0.717, 1.165) is 51.9 Å². The molecular weight excluding hydrogens is 342 g/mol. The van der Waals surface area contributed by atoms with Gasteiger partial charge in [0.25, 0.3) is 5.91 Å². The molecule has 2 saturated heterocycles. The first kappa shape index (κ1) is 19.9. The molecule has 0 saturated carbocycles. The molecule has 3 heterocycles. The molecule has 3 rings (SSSR count). The molecule has 2 aliphatic heterocycles. The van der Waals surface area contributed by atoms with Crippen LogP contribution in [0.4, 0.5) is 0 Å². The number of carbonyl (C=O) groups is 2. The van der Waals surface area contributed by atoms with E-state index >= 15 is 0 Å². The molecule has 0 unspecified atom stereocenters. The largest absolute Gasteiger partial charge is 0.445 e. The Morgan fingerprint density at radius 3 is 2.26 bits per heavy atom. The highest BCUT2D eigenvalue weighted by atomic mass is 16.4. The third-order valence-corrected chi connectivity index (χ3v) is 5.54. The second kappa shape index (κ2) is 8.03. The zero-order valence-electron chi connectivity index (χ0n) is 17.2. The Balaban J connectivity index is 1.60. The maximum absolute atomic E-state index is 12.7. The fourth-order valence-corrected chi connectivity index (χ4v) is 3.98. The molecule has 0 radical (unpaired) electrons. The monoisotopic (exact) mass is 375 g/mol. The molecule has 150 valence electrons. The van der Waals surface area contributed by atoms with E-state index in [0.29, 0.717) is 23.8 Å². The lowest BCUT2D eigenvalue weighted by Crippen LogP contribution is -2.39. The predicted molar refractivity (Wildman–Crippen MR) is 104 cm³/mol. The molecule has 2 amide bonds. The average Bonchev–Trinajstić information content (AvgIpc) is 3.02. The number of hydrogen-bond donors (Lipinski definition) is 0. The van der Waals surface area contributed by atoms with Crippen molar-refractivity contribution in [2.24, 2.45) is 5.41 Å². The molecular formula is C21H33N3O3. The van der Waals surface area contributed by atoms with E-state index in [2.05, 4.69) is 25.8 Å². The van der Waals surface area contributed by atoms with Gasteiger partial charge in [-0.2, -0.15) is 0 Å². The number of likely N-dealkylation sites (tertiary alicyclic amines) is 2. The fraction of sp³-hybridized carbons (Fsp3) is 0.762. The molecule has 2 fully saturated rings. The van der Waals surface area contributed by atoms with Crippen LogP contribution in [0.15, 0.2) is 4.42 Å². The van der Waals surface area contributed by atoms with Gasteiger partial charge in [-0.05, 0) is 44.4 Å². The number of hydrogen-bond acceptors (Lipinski definition) is 4. The van der Waals surface area contributed by atoms with Crippen molar-refractivity contribution < 1.29 is 14.0 Å². The lowest BCUT2D eigenvalue weighted by molar-refractivity contribution is -0.134. The van der Waals surface area contributed by atoms with Crippen LogP contribution in [-0.4, -0.2) is 52.8 Å². The molecule has 0 aromatic carbocycles. The summed E-state index contributed by atoms with van der Waals surface area (Å²) in [6, 6.07) is 0. The smallest absolute Gasteiger partial charge is 0.276 e. The Morgan fingerprint density at radius 1 is 1.04 bits per heavy atom. The van der Waals surface area contributed by atoms with Crippen LogP contribution in [0.5, 0.6) is 0 Å². The molecule has 2 aliphatic rings. The Labute approximate surface area is 162 Å². The number of piperidine rings is 2. The number of oxazole rings is 1. The quantitative estimate of drug-likeness (QED) is 0.807. The first-order valence-electron chi connectivity index (χ1n) is 10.3. The van der Waals surface area contributed by atoms with Crippen molar-refractivity contribution in [1.82, 2.24) is 14.8 Å². The first-order chi connectivity index (χ1) is 12.7. The summed E-state index contributed by atoms with van der Waals surface area (Å²) in [4.78, 5) is 33.6. The number of carbonyl (C=O) groups excluding carboxylic acids is 2. The fourth-order valence-electron chi connectivity index (χ4n) is 3.98. The molecule has 0 bridgehead atoms. The molecule has 0 N–H and O–H groups in total. The molecule has 1 aromatic rings. The highest BCUT2D eigenvalue weighted by Crippen LogP contribution is 2.30. The van der Waals surface area contributed by atoms with Gasteiger partial charge in [0.2, 0.25) is 5.91 Å². The summed E-state index contributed by atoms with van der Waals surface area (Å²) in [6.45, 7) is 11.2. The summed E-state index contributed by atoms with van der Waals surface area (Å²) in [5, 5.41) is 0. The molecule has 27 heavy (non-hydrogen) atoms. The standard InChI is InChI=1S/C21H33N3O3/c1-15-18(20(26)24-10-6-5-7-11-24)22-19(27-15)16-8-12-23(13-9-16)17(25)14-21(2,3)4/h16H,5-14H2,1-4H3. The number of nitrogens with zero attached hydrogens (tertiary/aromatic N) is 3. The van der Waals surface area contributed by atoms with Crippen LogP contribution in [0.25, 0.3) is 0 Å². The summed E-state index contributed by atoms with van der Waals surface area (Å²) in [5.74, 6) is 1.69. The van der Waals surface area contributed by atoms with Crippen LogP contribution < -0.4 is 0 Å². The van der Waals surface area contributed by atoms with Crippen LogP contribution in [0.1, 0.15) is 87.4 Å². The predicted octanol–water partition coefficient (Wildman–Crippen LogP) is 3.75. The highest BCUT2D eigenvalue weighted by molar-refractivity contribution is 5.93. The van der Waals surface area contributed by atoms with Crippen LogP contribution in [0.2, 0.25) is 0 Å². The molecule has 0 spiro atoms. The van der Waals surface area contributed by atoms with Crippen LogP contribution in [-0.2, 0) is 4.79 Å². The van der Waals surface area contributed by atoms with E-state index in [1.165, 1.54) is 6.42 Å². The number of aryl methyl sites for hydroxylation is 1. The van der Waals surface area contributed by atoms with Crippen molar-refractivity contribution in [3.63, 3.8) is 0 Å². The summed E-state index contributed by atoms with van der Waals surface area (Å²) in [5.41, 5.74) is 0.482. The molecule has 6 nitrogen and oxygen atoms in total. The van der Waals surface area contributed by atoms with Gasteiger partial charge in [-0.25, -0.2) is 4.98 Å². The first-order valence-corrected chi connectivity index (χ1v) is 10.3. The van der Waals surface area contributed by atoms with E-state index < -0.39 is 0 Å². The molecule has 0 aliphatic carbocycles. The van der Waals surface area contributed by atoms with Crippen molar-refractivity contribution in [3.8, 4) is 0 Å². The minimum absolute atomic E-state index is 0.00000838. The number of rotatable bonds is 3. The third-order valence-electron chi connectivity index (χ3n) is 5.54. The van der Waals surface area contributed by atoms with E-state index in [1.54, 1.807) is 0 Å². The lowest BCUT2D eigenvalue weighted by Gasteiger charge is -2.32. The summed E-state index contributed by atoms with van der Waals surface area (Å²) >= 11 is 0. The maximum atomic E-state index is 12.7. The van der Waals surface area contributed by atoms with Crippen molar-refractivity contribution in [2.75, 3.05) is 26.2 Å². The Kier molecular flexibility index (Phi) is 5.92. The summed E-state index contributed by atoms with van der Waals surface area (Å²) in [6.07, 6.45) is 5.58.